The Hall–Kier alpha value is -3.72. The molecule has 28 heavy (non-hydrogen) atoms. The van der Waals surface area contributed by atoms with Gasteiger partial charge in [0, 0.05) is 28.7 Å². The van der Waals surface area contributed by atoms with Gasteiger partial charge in [0.05, 0.1) is 21.7 Å². The second-order valence-electron chi connectivity index (χ2n) is 7.40. The van der Waals surface area contributed by atoms with Crippen LogP contribution < -0.4 is 0 Å². The second kappa shape index (κ2) is 4.76. The molecule has 7 rings (SSSR count). The predicted molar refractivity (Wildman–Crippen MR) is 115 cm³/mol. The van der Waals surface area contributed by atoms with Gasteiger partial charge in [-0.2, -0.15) is 0 Å². The maximum Gasteiger partial charge on any atom is 0.149 e. The molecule has 0 aliphatic carbocycles. The first-order chi connectivity index (χ1) is 13.8. The molecule has 0 spiro atoms. The number of nitrogens with zero attached hydrogens (tertiary/aromatic N) is 1. The molecule has 3 heterocycles. The molecule has 0 unspecified atom stereocenters. The lowest BCUT2D eigenvalue weighted by molar-refractivity contribution is 0.665. The standard InChI is InChI=1S/C25H15NO2/c1-26-17-11-5-2-8-14(17)20-23(26)21-15-9-3-6-12-18(15)27-25(21)22-16-10-4-7-13-19(16)28-24(20)22/h2-13H,1H3. The predicted octanol–water partition coefficient (Wildman–Crippen LogP) is 7.13. The monoisotopic (exact) mass is 361 g/mol. The number of furan rings is 2. The van der Waals surface area contributed by atoms with Crippen molar-refractivity contribution in [3.63, 3.8) is 0 Å². The van der Waals surface area contributed by atoms with Gasteiger partial charge in [-0.1, -0.05) is 54.6 Å². The van der Waals surface area contributed by atoms with Crippen LogP contribution in [0.1, 0.15) is 0 Å². The third-order valence-electron chi connectivity index (χ3n) is 5.99. The average Bonchev–Trinajstić information content (AvgIpc) is 3.38. The highest BCUT2D eigenvalue weighted by Gasteiger charge is 2.24. The van der Waals surface area contributed by atoms with Crippen molar-refractivity contribution in [1.29, 1.82) is 0 Å². The topological polar surface area (TPSA) is 31.2 Å². The molecule has 0 aliphatic rings. The zero-order valence-electron chi connectivity index (χ0n) is 15.2. The molecule has 0 atom stereocenters. The molecule has 0 amide bonds. The highest BCUT2D eigenvalue weighted by atomic mass is 16.3. The van der Waals surface area contributed by atoms with E-state index < -0.39 is 0 Å². The minimum atomic E-state index is 0.889. The quantitative estimate of drug-likeness (QED) is 0.288. The van der Waals surface area contributed by atoms with Gasteiger partial charge in [0.2, 0.25) is 0 Å². The number of hydrogen-bond acceptors (Lipinski definition) is 2. The fraction of sp³-hybridized carbons (Fsp3) is 0.0400. The number of benzene rings is 4. The lowest BCUT2D eigenvalue weighted by atomic mass is 10.0. The summed E-state index contributed by atoms with van der Waals surface area (Å²) in [5, 5.41) is 6.81. The SMILES string of the molecule is Cn1c2ccccc2c2c3oc4ccccc4c3c3oc4ccccc4c3c21. The van der Waals surface area contributed by atoms with Crippen LogP contribution in [0.2, 0.25) is 0 Å². The first-order valence-electron chi connectivity index (χ1n) is 9.44. The lowest BCUT2D eigenvalue weighted by Crippen LogP contribution is -1.87. The number of rotatable bonds is 0. The maximum absolute atomic E-state index is 6.42. The average molecular weight is 361 g/mol. The van der Waals surface area contributed by atoms with Gasteiger partial charge in [0.25, 0.3) is 0 Å². The van der Waals surface area contributed by atoms with E-state index in [4.69, 9.17) is 8.83 Å². The van der Waals surface area contributed by atoms with E-state index in [-0.39, 0.29) is 0 Å². The molecule has 0 saturated carbocycles. The normalized spacial score (nSPS) is 12.5. The minimum absolute atomic E-state index is 0.889. The van der Waals surface area contributed by atoms with E-state index in [1.165, 1.54) is 10.9 Å². The van der Waals surface area contributed by atoms with Crippen LogP contribution in [-0.4, -0.2) is 4.57 Å². The molecule has 0 radical (unpaired) electrons. The Bertz CT molecular complexity index is 1700. The summed E-state index contributed by atoms with van der Waals surface area (Å²) in [4.78, 5) is 0. The van der Waals surface area contributed by atoms with Crippen LogP contribution in [0.15, 0.2) is 81.6 Å². The van der Waals surface area contributed by atoms with Crippen molar-refractivity contribution >= 4 is 65.7 Å². The van der Waals surface area contributed by atoms with E-state index in [1.807, 2.05) is 24.3 Å². The van der Waals surface area contributed by atoms with Gasteiger partial charge in [0.1, 0.15) is 22.3 Å². The summed E-state index contributed by atoms with van der Waals surface area (Å²) in [6.07, 6.45) is 0. The van der Waals surface area contributed by atoms with E-state index >= 15 is 0 Å². The van der Waals surface area contributed by atoms with Crippen molar-refractivity contribution in [2.24, 2.45) is 7.05 Å². The molecule has 3 heteroatoms. The highest BCUT2D eigenvalue weighted by Crippen LogP contribution is 2.47. The van der Waals surface area contributed by atoms with Crippen molar-refractivity contribution in [2.75, 3.05) is 0 Å². The van der Waals surface area contributed by atoms with E-state index in [0.29, 0.717) is 0 Å². The van der Waals surface area contributed by atoms with Crippen LogP contribution in [0.3, 0.4) is 0 Å². The van der Waals surface area contributed by atoms with Crippen LogP contribution in [0.5, 0.6) is 0 Å². The molecular formula is C25H15NO2. The molecule has 0 fully saturated rings. The summed E-state index contributed by atoms with van der Waals surface area (Å²) in [6.45, 7) is 0. The Morgan fingerprint density at radius 1 is 0.571 bits per heavy atom. The van der Waals surface area contributed by atoms with Gasteiger partial charge in [-0.3, -0.25) is 0 Å². The van der Waals surface area contributed by atoms with Gasteiger partial charge in [-0.25, -0.2) is 0 Å². The molecule has 0 bridgehead atoms. The molecule has 0 saturated heterocycles. The van der Waals surface area contributed by atoms with Crippen molar-refractivity contribution in [2.45, 2.75) is 0 Å². The van der Waals surface area contributed by atoms with Gasteiger partial charge < -0.3 is 13.4 Å². The zero-order chi connectivity index (χ0) is 18.4. The molecule has 0 aliphatic heterocycles. The molecule has 3 aromatic heterocycles. The summed E-state index contributed by atoms with van der Waals surface area (Å²) in [5.74, 6) is 0. The van der Waals surface area contributed by atoms with Gasteiger partial charge >= 0.3 is 0 Å². The third-order valence-corrected chi connectivity index (χ3v) is 5.99. The van der Waals surface area contributed by atoms with Crippen LogP contribution >= 0.6 is 0 Å². The summed E-state index contributed by atoms with van der Waals surface area (Å²) in [6, 6.07) is 25.0. The Labute approximate surface area is 159 Å². The highest BCUT2D eigenvalue weighted by molar-refractivity contribution is 6.37. The largest absolute Gasteiger partial charge is 0.455 e. The second-order valence-corrected chi connectivity index (χ2v) is 7.40. The summed E-state index contributed by atoms with van der Waals surface area (Å²) < 4.78 is 15.1. The number of aromatic nitrogens is 1. The van der Waals surface area contributed by atoms with Crippen molar-refractivity contribution in [1.82, 2.24) is 4.57 Å². The van der Waals surface area contributed by atoms with Crippen molar-refractivity contribution in [3.8, 4) is 0 Å². The lowest BCUT2D eigenvalue weighted by Gasteiger charge is -2.01. The van der Waals surface area contributed by atoms with Crippen LogP contribution in [0, 0.1) is 0 Å². The zero-order valence-corrected chi connectivity index (χ0v) is 15.2. The Kier molecular flexibility index (Phi) is 2.44. The van der Waals surface area contributed by atoms with E-state index in [9.17, 15) is 0 Å². The smallest absolute Gasteiger partial charge is 0.149 e. The summed E-state index contributed by atoms with van der Waals surface area (Å²) in [5.41, 5.74) is 5.95. The fourth-order valence-corrected chi connectivity index (χ4v) is 4.82. The first kappa shape index (κ1) is 14.4. The molecule has 0 N–H and O–H groups in total. The van der Waals surface area contributed by atoms with E-state index in [0.717, 1.165) is 54.8 Å². The Morgan fingerprint density at radius 2 is 1.07 bits per heavy atom. The van der Waals surface area contributed by atoms with Crippen LogP contribution in [-0.2, 0) is 7.05 Å². The number of aryl methyl sites for hydroxylation is 1. The summed E-state index contributed by atoms with van der Waals surface area (Å²) in [7, 11) is 2.13. The molecule has 7 aromatic rings. The first-order valence-corrected chi connectivity index (χ1v) is 9.44. The third kappa shape index (κ3) is 1.53. The van der Waals surface area contributed by atoms with Crippen molar-refractivity contribution < 1.29 is 8.83 Å². The molecule has 132 valence electrons. The van der Waals surface area contributed by atoms with Gasteiger partial charge in [0.15, 0.2) is 0 Å². The Balaban J connectivity index is 1.98. The number of fused-ring (bicyclic) bond motifs is 12. The fourth-order valence-electron chi connectivity index (χ4n) is 4.82. The maximum atomic E-state index is 6.42. The number of hydrogen-bond donors (Lipinski definition) is 0. The summed E-state index contributed by atoms with van der Waals surface area (Å²) >= 11 is 0. The Morgan fingerprint density at radius 3 is 1.75 bits per heavy atom. The number of para-hydroxylation sites is 3. The van der Waals surface area contributed by atoms with E-state index in [2.05, 4.69) is 60.1 Å². The minimum Gasteiger partial charge on any atom is -0.455 e. The van der Waals surface area contributed by atoms with Crippen LogP contribution in [0.4, 0.5) is 0 Å². The van der Waals surface area contributed by atoms with Crippen LogP contribution in [0.25, 0.3) is 65.7 Å². The molecule has 4 aromatic carbocycles. The molecular weight excluding hydrogens is 346 g/mol. The van der Waals surface area contributed by atoms with Gasteiger partial charge in [-0.05, 0) is 18.2 Å². The molecule has 3 nitrogen and oxygen atoms in total. The van der Waals surface area contributed by atoms with Gasteiger partial charge in [-0.15, -0.1) is 0 Å². The van der Waals surface area contributed by atoms with E-state index in [1.54, 1.807) is 0 Å². The van der Waals surface area contributed by atoms with Crippen molar-refractivity contribution in [3.05, 3.63) is 72.8 Å².